The van der Waals surface area contributed by atoms with E-state index in [1.54, 1.807) is 5.51 Å². The van der Waals surface area contributed by atoms with Crippen LogP contribution in [-0.4, -0.2) is 39.3 Å². The van der Waals surface area contributed by atoms with Gasteiger partial charge in [-0.05, 0) is 32.0 Å². The van der Waals surface area contributed by atoms with Gasteiger partial charge in [0.05, 0.1) is 38.5 Å². The van der Waals surface area contributed by atoms with Crippen LogP contribution in [0.3, 0.4) is 0 Å². The molecule has 27 heavy (non-hydrogen) atoms. The molecule has 3 rings (SSSR count). The van der Waals surface area contributed by atoms with Crippen molar-refractivity contribution in [2.24, 2.45) is 0 Å². The van der Waals surface area contributed by atoms with Gasteiger partial charge in [-0.15, -0.1) is 11.3 Å². The van der Waals surface area contributed by atoms with Gasteiger partial charge in [0.25, 0.3) is 5.91 Å². The standard InChI is InChI=1S/C18H18ClFN4O2S/c1-18(2,26)15(20)8-22-17(25)11-7-21-16(6-12(11)19)24-10-3-4-13-14(5-10)27-9-23-13/h3-7,9,15,26H,8H2,1-2H3,(H,21,24)(H,22,25). The van der Waals surface area contributed by atoms with Crippen LogP contribution in [0.15, 0.2) is 36.0 Å². The molecular weight excluding hydrogens is 391 g/mol. The SMILES string of the molecule is CC(C)(O)C(F)CNC(=O)c1cnc(Nc2ccc3ncsc3c2)cc1Cl. The second-order valence-corrected chi connectivity index (χ2v) is 7.83. The Morgan fingerprint density at radius 1 is 1.37 bits per heavy atom. The summed E-state index contributed by atoms with van der Waals surface area (Å²) in [6.07, 6.45) is -0.279. The van der Waals surface area contributed by atoms with E-state index in [2.05, 4.69) is 20.6 Å². The summed E-state index contributed by atoms with van der Waals surface area (Å²) >= 11 is 7.71. The summed E-state index contributed by atoms with van der Waals surface area (Å²) in [6.45, 7) is 2.35. The summed E-state index contributed by atoms with van der Waals surface area (Å²) in [7, 11) is 0. The molecule has 1 aromatic carbocycles. The van der Waals surface area contributed by atoms with Crippen molar-refractivity contribution in [1.82, 2.24) is 15.3 Å². The topological polar surface area (TPSA) is 87.1 Å². The van der Waals surface area contributed by atoms with E-state index in [0.717, 1.165) is 15.9 Å². The Bertz CT molecular complexity index is 973. The minimum Gasteiger partial charge on any atom is -0.387 e. The molecule has 1 amide bonds. The Morgan fingerprint density at radius 2 is 2.15 bits per heavy atom. The van der Waals surface area contributed by atoms with Gasteiger partial charge in [-0.3, -0.25) is 4.79 Å². The number of fused-ring (bicyclic) bond motifs is 1. The third-order valence-electron chi connectivity index (χ3n) is 3.91. The van der Waals surface area contributed by atoms with Crippen molar-refractivity contribution in [3.63, 3.8) is 0 Å². The average Bonchev–Trinajstić information content (AvgIpc) is 3.06. The molecule has 0 aliphatic rings. The summed E-state index contributed by atoms with van der Waals surface area (Å²) in [5.74, 6) is -0.0858. The van der Waals surface area contributed by atoms with Crippen molar-refractivity contribution < 1.29 is 14.3 Å². The van der Waals surface area contributed by atoms with E-state index in [4.69, 9.17) is 11.6 Å². The summed E-state index contributed by atoms with van der Waals surface area (Å²) in [5.41, 5.74) is 2.10. The monoisotopic (exact) mass is 408 g/mol. The number of aliphatic hydroxyl groups is 1. The fraction of sp³-hybridized carbons (Fsp3) is 0.278. The number of halogens is 2. The molecule has 142 valence electrons. The number of alkyl halides is 1. The zero-order chi connectivity index (χ0) is 19.6. The summed E-state index contributed by atoms with van der Waals surface area (Å²) < 4.78 is 14.8. The lowest BCUT2D eigenvalue weighted by Crippen LogP contribution is -2.42. The van der Waals surface area contributed by atoms with Gasteiger partial charge in [-0.1, -0.05) is 11.6 Å². The second-order valence-electron chi connectivity index (χ2n) is 6.54. The molecule has 0 bridgehead atoms. The maximum absolute atomic E-state index is 13.8. The number of nitrogens with one attached hydrogen (secondary N) is 2. The van der Waals surface area contributed by atoms with E-state index >= 15 is 0 Å². The van der Waals surface area contributed by atoms with Crippen LogP contribution in [0.2, 0.25) is 5.02 Å². The lowest BCUT2D eigenvalue weighted by atomic mass is 10.0. The highest BCUT2D eigenvalue weighted by molar-refractivity contribution is 7.16. The molecule has 0 aliphatic carbocycles. The summed E-state index contributed by atoms with van der Waals surface area (Å²) in [6, 6.07) is 7.24. The fourth-order valence-corrected chi connectivity index (χ4v) is 3.23. The molecule has 0 fully saturated rings. The molecule has 1 atom stereocenters. The van der Waals surface area contributed by atoms with E-state index in [-0.39, 0.29) is 17.1 Å². The molecule has 0 spiro atoms. The van der Waals surface area contributed by atoms with Crippen LogP contribution < -0.4 is 10.6 Å². The number of hydrogen-bond acceptors (Lipinski definition) is 6. The minimum atomic E-state index is -1.60. The number of thiazole rings is 1. The van der Waals surface area contributed by atoms with Crippen molar-refractivity contribution >= 4 is 50.6 Å². The lowest BCUT2D eigenvalue weighted by Gasteiger charge is -2.22. The van der Waals surface area contributed by atoms with Crippen LogP contribution in [-0.2, 0) is 0 Å². The second kappa shape index (κ2) is 7.75. The molecule has 0 aliphatic heterocycles. The Kier molecular flexibility index (Phi) is 5.59. The predicted molar refractivity (Wildman–Crippen MR) is 106 cm³/mol. The first-order valence-electron chi connectivity index (χ1n) is 8.14. The first kappa shape index (κ1) is 19.5. The Hall–Kier alpha value is -2.29. The molecule has 1 unspecified atom stereocenters. The predicted octanol–water partition coefficient (Wildman–Crippen LogP) is 3.93. The van der Waals surface area contributed by atoms with Gasteiger partial charge in [0.2, 0.25) is 0 Å². The van der Waals surface area contributed by atoms with Gasteiger partial charge in [-0.25, -0.2) is 14.4 Å². The van der Waals surface area contributed by atoms with Gasteiger partial charge in [0.1, 0.15) is 12.0 Å². The van der Waals surface area contributed by atoms with Crippen LogP contribution in [0, 0.1) is 0 Å². The first-order chi connectivity index (χ1) is 12.7. The van der Waals surface area contributed by atoms with E-state index in [1.807, 2.05) is 18.2 Å². The van der Waals surface area contributed by atoms with Crippen molar-refractivity contribution in [2.45, 2.75) is 25.6 Å². The Balaban J connectivity index is 1.68. The smallest absolute Gasteiger partial charge is 0.254 e. The number of aromatic nitrogens is 2. The zero-order valence-corrected chi connectivity index (χ0v) is 16.2. The van der Waals surface area contributed by atoms with Crippen LogP contribution in [0.1, 0.15) is 24.2 Å². The van der Waals surface area contributed by atoms with Crippen LogP contribution in [0.5, 0.6) is 0 Å². The van der Waals surface area contributed by atoms with Gasteiger partial charge in [-0.2, -0.15) is 0 Å². The molecule has 2 heterocycles. The average molecular weight is 409 g/mol. The number of carbonyl (C=O) groups excluding carboxylic acids is 1. The highest BCUT2D eigenvalue weighted by Gasteiger charge is 2.27. The molecule has 9 heteroatoms. The molecule has 0 radical (unpaired) electrons. The number of benzene rings is 1. The third kappa shape index (κ3) is 4.71. The number of hydrogen-bond donors (Lipinski definition) is 3. The molecule has 3 aromatic rings. The largest absolute Gasteiger partial charge is 0.387 e. The molecule has 0 saturated carbocycles. The highest BCUT2D eigenvalue weighted by atomic mass is 35.5. The Morgan fingerprint density at radius 3 is 2.85 bits per heavy atom. The summed E-state index contributed by atoms with van der Waals surface area (Å²) in [4.78, 5) is 20.6. The van der Waals surface area contributed by atoms with Crippen molar-refractivity contribution in [2.75, 3.05) is 11.9 Å². The quantitative estimate of drug-likeness (QED) is 0.575. The van der Waals surface area contributed by atoms with Crippen LogP contribution in [0.4, 0.5) is 15.9 Å². The summed E-state index contributed by atoms with van der Waals surface area (Å²) in [5, 5.41) is 15.3. The maximum atomic E-state index is 13.8. The van der Waals surface area contributed by atoms with Crippen molar-refractivity contribution in [3.05, 3.63) is 46.6 Å². The first-order valence-corrected chi connectivity index (χ1v) is 9.40. The van der Waals surface area contributed by atoms with E-state index in [0.29, 0.717) is 5.82 Å². The van der Waals surface area contributed by atoms with Crippen molar-refractivity contribution in [3.8, 4) is 0 Å². The third-order valence-corrected chi connectivity index (χ3v) is 5.01. The number of anilines is 2. The number of nitrogens with zero attached hydrogens (tertiary/aromatic N) is 2. The molecule has 0 saturated heterocycles. The number of amides is 1. The van der Waals surface area contributed by atoms with Crippen LogP contribution in [0.25, 0.3) is 10.2 Å². The van der Waals surface area contributed by atoms with E-state index in [9.17, 15) is 14.3 Å². The number of pyridine rings is 1. The van der Waals surface area contributed by atoms with Crippen molar-refractivity contribution in [1.29, 1.82) is 0 Å². The minimum absolute atomic E-state index is 0.128. The van der Waals surface area contributed by atoms with Gasteiger partial charge in [0.15, 0.2) is 0 Å². The van der Waals surface area contributed by atoms with Crippen LogP contribution >= 0.6 is 22.9 Å². The number of rotatable bonds is 6. The zero-order valence-electron chi connectivity index (χ0n) is 14.7. The van der Waals surface area contributed by atoms with Gasteiger partial charge in [0, 0.05) is 18.0 Å². The molecule has 2 aromatic heterocycles. The lowest BCUT2D eigenvalue weighted by molar-refractivity contribution is -0.00177. The number of carbonyl (C=O) groups is 1. The highest BCUT2D eigenvalue weighted by Crippen LogP contribution is 2.25. The van der Waals surface area contributed by atoms with E-state index in [1.165, 1.54) is 37.4 Å². The Labute approximate surface area is 164 Å². The van der Waals surface area contributed by atoms with Gasteiger partial charge < -0.3 is 15.7 Å². The fourth-order valence-electron chi connectivity index (χ4n) is 2.27. The van der Waals surface area contributed by atoms with Gasteiger partial charge >= 0.3 is 0 Å². The molecule has 3 N–H and O–H groups in total. The molecular formula is C18H18ClFN4O2S. The van der Waals surface area contributed by atoms with E-state index < -0.39 is 17.7 Å². The molecule has 6 nitrogen and oxygen atoms in total. The normalized spacial score (nSPS) is 12.8. The maximum Gasteiger partial charge on any atom is 0.254 e.